The minimum absolute atomic E-state index is 0.160. The van der Waals surface area contributed by atoms with Gasteiger partial charge in [-0.25, -0.2) is 0 Å². The molecule has 0 unspecified atom stereocenters. The Morgan fingerprint density at radius 3 is 3.00 bits per heavy atom. The van der Waals surface area contributed by atoms with Crippen molar-refractivity contribution < 1.29 is 19.0 Å². The Balaban J connectivity index is 1.24. The molecule has 0 saturated carbocycles. The van der Waals surface area contributed by atoms with E-state index in [-0.39, 0.29) is 12.0 Å². The molecule has 4 aromatic rings. The fourth-order valence-electron chi connectivity index (χ4n) is 3.44. The van der Waals surface area contributed by atoms with Crippen LogP contribution in [0.5, 0.6) is 17.2 Å². The van der Waals surface area contributed by atoms with E-state index in [1.165, 1.54) is 0 Å². The van der Waals surface area contributed by atoms with E-state index in [1.807, 2.05) is 42.5 Å². The van der Waals surface area contributed by atoms with E-state index in [1.54, 1.807) is 30.3 Å². The first-order chi connectivity index (χ1) is 14.7. The van der Waals surface area contributed by atoms with Crippen molar-refractivity contribution in [3.63, 3.8) is 0 Å². The van der Waals surface area contributed by atoms with Crippen molar-refractivity contribution >= 4 is 22.5 Å². The van der Waals surface area contributed by atoms with Gasteiger partial charge in [-0.2, -0.15) is 5.10 Å². The standard InChI is InChI=1S/C22H20N4O4/c1-28-16-7-6-14-8-19(25-18(14)9-16)22(27)24-15-10-23-26(11-15)12-17-13-29-20-4-2-3-5-21(20)30-17/h2-11,17,25H,12-13H2,1H3,(H,24,27)/t17-/m1/s1. The van der Waals surface area contributed by atoms with Gasteiger partial charge >= 0.3 is 0 Å². The van der Waals surface area contributed by atoms with E-state index in [0.29, 0.717) is 24.5 Å². The number of ether oxygens (including phenoxy) is 3. The average Bonchev–Trinajstić information content (AvgIpc) is 3.39. The number of carbonyl (C=O) groups is 1. The zero-order chi connectivity index (χ0) is 20.5. The van der Waals surface area contributed by atoms with Gasteiger partial charge in [-0.05, 0) is 30.3 Å². The van der Waals surface area contributed by atoms with Crippen molar-refractivity contribution in [1.82, 2.24) is 14.8 Å². The summed E-state index contributed by atoms with van der Waals surface area (Å²) in [5.41, 5.74) is 1.91. The van der Waals surface area contributed by atoms with Crippen LogP contribution in [0.15, 0.2) is 60.9 Å². The number of aromatic nitrogens is 3. The molecule has 152 valence electrons. The maximum absolute atomic E-state index is 12.6. The molecule has 2 aromatic carbocycles. The van der Waals surface area contributed by atoms with Crippen molar-refractivity contribution in [3.05, 3.63) is 66.6 Å². The van der Waals surface area contributed by atoms with E-state index >= 15 is 0 Å². The van der Waals surface area contributed by atoms with Crippen LogP contribution in [0, 0.1) is 0 Å². The van der Waals surface area contributed by atoms with Crippen molar-refractivity contribution in [2.45, 2.75) is 12.6 Å². The molecule has 0 bridgehead atoms. The highest BCUT2D eigenvalue weighted by Gasteiger charge is 2.21. The first kappa shape index (κ1) is 18.1. The smallest absolute Gasteiger partial charge is 0.272 e. The van der Waals surface area contributed by atoms with Crippen LogP contribution in [0.25, 0.3) is 10.9 Å². The summed E-state index contributed by atoms with van der Waals surface area (Å²) in [5, 5.41) is 8.12. The highest BCUT2D eigenvalue weighted by atomic mass is 16.6. The zero-order valence-corrected chi connectivity index (χ0v) is 16.3. The summed E-state index contributed by atoms with van der Waals surface area (Å²) < 4.78 is 18.6. The lowest BCUT2D eigenvalue weighted by molar-refractivity contribution is 0.0759. The maximum Gasteiger partial charge on any atom is 0.272 e. The second-order valence-electron chi connectivity index (χ2n) is 7.04. The van der Waals surface area contributed by atoms with E-state index in [2.05, 4.69) is 15.4 Å². The Kier molecular flexibility index (Phi) is 4.51. The molecule has 0 fully saturated rings. The van der Waals surface area contributed by atoms with Crippen LogP contribution in [0.1, 0.15) is 10.5 Å². The van der Waals surface area contributed by atoms with Crippen LogP contribution in [-0.4, -0.2) is 40.5 Å². The molecule has 1 atom stereocenters. The van der Waals surface area contributed by atoms with Crippen molar-refractivity contribution in [2.75, 3.05) is 19.0 Å². The number of methoxy groups -OCH3 is 1. The molecule has 1 aliphatic rings. The van der Waals surface area contributed by atoms with E-state index in [0.717, 1.165) is 28.2 Å². The van der Waals surface area contributed by atoms with E-state index in [9.17, 15) is 4.79 Å². The van der Waals surface area contributed by atoms with Crippen molar-refractivity contribution in [3.8, 4) is 17.2 Å². The number of carbonyl (C=O) groups excluding carboxylic acids is 1. The van der Waals surface area contributed by atoms with Gasteiger partial charge in [-0.3, -0.25) is 9.48 Å². The number of fused-ring (bicyclic) bond motifs is 2. The molecule has 8 heteroatoms. The lowest BCUT2D eigenvalue weighted by atomic mass is 10.2. The number of H-pyrrole nitrogens is 1. The number of benzene rings is 2. The first-order valence-corrected chi connectivity index (χ1v) is 9.57. The third kappa shape index (κ3) is 3.55. The van der Waals surface area contributed by atoms with Gasteiger partial charge in [0.05, 0.1) is 25.5 Å². The van der Waals surface area contributed by atoms with Crippen LogP contribution in [0.4, 0.5) is 5.69 Å². The number of nitrogens with one attached hydrogen (secondary N) is 2. The second-order valence-corrected chi connectivity index (χ2v) is 7.04. The van der Waals surface area contributed by atoms with Gasteiger partial charge in [0, 0.05) is 23.2 Å². The predicted molar refractivity (Wildman–Crippen MR) is 111 cm³/mol. The summed E-state index contributed by atoms with van der Waals surface area (Å²) in [6.07, 6.45) is 3.22. The molecular formula is C22H20N4O4. The van der Waals surface area contributed by atoms with Crippen molar-refractivity contribution in [1.29, 1.82) is 0 Å². The van der Waals surface area contributed by atoms with Crippen LogP contribution in [0.2, 0.25) is 0 Å². The largest absolute Gasteiger partial charge is 0.497 e. The second kappa shape index (κ2) is 7.47. The molecule has 5 rings (SSSR count). The molecule has 2 aromatic heterocycles. The molecular weight excluding hydrogens is 384 g/mol. The highest BCUT2D eigenvalue weighted by Crippen LogP contribution is 2.31. The summed E-state index contributed by atoms with van der Waals surface area (Å²) in [5.74, 6) is 1.97. The van der Waals surface area contributed by atoms with Gasteiger partial charge in [-0.15, -0.1) is 0 Å². The fraction of sp³-hybridized carbons (Fsp3) is 0.182. The third-order valence-electron chi connectivity index (χ3n) is 4.92. The third-order valence-corrected chi connectivity index (χ3v) is 4.92. The van der Waals surface area contributed by atoms with Gasteiger partial charge in [0.2, 0.25) is 0 Å². The monoisotopic (exact) mass is 404 g/mol. The number of para-hydroxylation sites is 2. The minimum Gasteiger partial charge on any atom is -0.497 e. The quantitative estimate of drug-likeness (QED) is 0.532. The molecule has 3 heterocycles. The lowest BCUT2D eigenvalue weighted by Crippen LogP contribution is -2.33. The summed E-state index contributed by atoms with van der Waals surface area (Å²) >= 11 is 0. The van der Waals surface area contributed by atoms with E-state index in [4.69, 9.17) is 14.2 Å². The Morgan fingerprint density at radius 1 is 1.27 bits per heavy atom. The molecule has 1 aliphatic heterocycles. The topological polar surface area (TPSA) is 90.4 Å². The Morgan fingerprint density at radius 2 is 2.13 bits per heavy atom. The molecule has 0 aliphatic carbocycles. The Bertz CT molecular complexity index is 1210. The normalized spacial score (nSPS) is 15.2. The van der Waals surface area contributed by atoms with Gasteiger partial charge in [0.15, 0.2) is 17.6 Å². The molecule has 30 heavy (non-hydrogen) atoms. The number of amides is 1. The number of hydrogen-bond donors (Lipinski definition) is 2. The number of anilines is 1. The molecule has 0 saturated heterocycles. The molecule has 8 nitrogen and oxygen atoms in total. The maximum atomic E-state index is 12.6. The Labute approximate surface area is 172 Å². The van der Waals surface area contributed by atoms with E-state index < -0.39 is 0 Å². The van der Waals surface area contributed by atoms with Gasteiger partial charge in [0.1, 0.15) is 18.1 Å². The fourth-order valence-corrected chi connectivity index (χ4v) is 3.44. The average molecular weight is 404 g/mol. The Hall–Kier alpha value is -3.94. The van der Waals surface area contributed by atoms with Gasteiger partial charge < -0.3 is 24.5 Å². The number of hydrogen-bond acceptors (Lipinski definition) is 5. The lowest BCUT2D eigenvalue weighted by Gasteiger charge is -2.26. The number of rotatable bonds is 5. The molecule has 1 amide bonds. The predicted octanol–water partition coefficient (Wildman–Crippen LogP) is 3.47. The van der Waals surface area contributed by atoms with Crippen LogP contribution < -0.4 is 19.5 Å². The molecule has 0 spiro atoms. The highest BCUT2D eigenvalue weighted by molar-refractivity contribution is 6.05. The van der Waals surface area contributed by atoms with Crippen LogP contribution >= 0.6 is 0 Å². The van der Waals surface area contributed by atoms with Gasteiger partial charge in [0.25, 0.3) is 5.91 Å². The summed E-state index contributed by atoms with van der Waals surface area (Å²) in [6, 6.07) is 15.0. The van der Waals surface area contributed by atoms with Crippen molar-refractivity contribution in [2.24, 2.45) is 0 Å². The SMILES string of the molecule is COc1ccc2cc(C(=O)Nc3cnn(C[C@@H]4COc5ccccc5O4)c3)[nH]c2c1. The summed E-state index contributed by atoms with van der Waals surface area (Å²) in [7, 11) is 1.61. The van der Waals surface area contributed by atoms with Crippen LogP contribution in [-0.2, 0) is 6.54 Å². The molecule has 2 N–H and O–H groups in total. The van der Waals surface area contributed by atoms with Crippen LogP contribution in [0.3, 0.4) is 0 Å². The zero-order valence-electron chi connectivity index (χ0n) is 16.3. The first-order valence-electron chi connectivity index (χ1n) is 9.57. The summed E-state index contributed by atoms with van der Waals surface area (Å²) in [6.45, 7) is 0.952. The summed E-state index contributed by atoms with van der Waals surface area (Å²) in [4.78, 5) is 15.7. The number of aromatic amines is 1. The molecule has 0 radical (unpaired) electrons. The number of nitrogens with zero attached hydrogens (tertiary/aromatic N) is 2. The van der Waals surface area contributed by atoms with Gasteiger partial charge in [-0.1, -0.05) is 12.1 Å². The minimum atomic E-state index is -0.240.